The molecule has 0 spiro atoms. The monoisotopic (exact) mass is 412 g/mol. The number of carbonyl (C=O) groups excluding carboxylic acids is 1. The fraction of sp³-hybridized carbons (Fsp3) is 0.318. The summed E-state index contributed by atoms with van der Waals surface area (Å²) in [6.45, 7) is 6.80. The summed E-state index contributed by atoms with van der Waals surface area (Å²) in [7, 11) is -3.53. The standard InChI is InChI=1S/C22H24N2O4S/c1-14-6-8-19(15(2)12-14)23-22(25)21-16(3)18-13-17(7-9-20(18)28-21)29(26,27)24-10-4-5-11-24/h6-9,12-13H,4-5,10-11H2,1-3H3,(H,23,25). The van der Waals surface area contributed by atoms with Crippen LogP contribution in [0.3, 0.4) is 0 Å². The molecule has 4 rings (SSSR count). The maximum Gasteiger partial charge on any atom is 0.291 e. The van der Waals surface area contributed by atoms with Gasteiger partial charge in [-0.05, 0) is 63.4 Å². The SMILES string of the molecule is Cc1ccc(NC(=O)c2oc3ccc(S(=O)(=O)N4CCCC4)cc3c2C)c(C)c1. The number of nitrogens with zero attached hydrogens (tertiary/aromatic N) is 1. The molecule has 1 aliphatic rings. The number of fused-ring (bicyclic) bond motifs is 1. The van der Waals surface area contributed by atoms with Gasteiger partial charge in [0, 0.05) is 29.7 Å². The lowest BCUT2D eigenvalue weighted by molar-refractivity contribution is 0.0998. The van der Waals surface area contributed by atoms with Crippen molar-refractivity contribution in [2.45, 2.75) is 38.5 Å². The van der Waals surface area contributed by atoms with Crippen LogP contribution in [0.2, 0.25) is 0 Å². The molecular weight excluding hydrogens is 388 g/mol. The predicted molar refractivity (Wildman–Crippen MR) is 113 cm³/mol. The van der Waals surface area contributed by atoms with Gasteiger partial charge < -0.3 is 9.73 Å². The van der Waals surface area contributed by atoms with Gasteiger partial charge in [0.05, 0.1) is 4.90 Å². The highest BCUT2D eigenvalue weighted by Crippen LogP contribution is 2.30. The van der Waals surface area contributed by atoms with E-state index in [9.17, 15) is 13.2 Å². The van der Waals surface area contributed by atoms with Crippen molar-refractivity contribution in [1.29, 1.82) is 0 Å². The first kappa shape index (κ1) is 19.7. The molecule has 0 bridgehead atoms. The maximum atomic E-state index is 12.9. The Balaban J connectivity index is 1.68. The van der Waals surface area contributed by atoms with Gasteiger partial charge in [-0.1, -0.05) is 17.7 Å². The zero-order valence-corrected chi connectivity index (χ0v) is 17.6. The van der Waals surface area contributed by atoms with Crippen molar-refractivity contribution in [3.63, 3.8) is 0 Å². The lowest BCUT2D eigenvalue weighted by Crippen LogP contribution is -2.27. The number of hydrogen-bond acceptors (Lipinski definition) is 4. The van der Waals surface area contributed by atoms with Crippen LogP contribution >= 0.6 is 0 Å². The second kappa shape index (κ2) is 7.31. The third kappa shape index (κ3) is 3.56. The van der Waals surface area contributed by atoms with Crippen LogP contribution in [0.4, 0.5) is 5.69 Å². The number of hydrogen-bond donors (Lipinski definition) is 1. The van der Waals surface area contributed by atoms with Crippen molar-refractivity contribution in [3.8, 4) is 0 Å². The van der Waals surface area contributed by atoms with Crippen LogP contribution in [-0.4, -0.2) is 31.7 Å². The quantitative estimate of drug-likeness (QED) is 0.689. The van der Waals surface area contributed by atoms with E-state index in [2.05, 4.69) is 5.32 Å². The number of nitrogens with one attached hydrogen (secondary N) is 1. The molecule has 7 heteroatoms. The summed E-state index contributed by atoms with van der Waals surface area (Å²) in [5, 5.41) is 3.52. The van der Waals surface area contributed by atoms with Crippen LogP contribution in [0.15, 0.2) is 45.7 Å². The van der Waals surface area contributed by atoms with Gasteiger partial charge in [-0.25, -0.2) is 8.42 Å². The smallest absolute Gasteiger partial charge is 0.291 e. The molecule has 6 nitrogen and oxygen atoms in total. The third-order valence-electron chi connectivity index (χ3n) is 5.45. The topological polar surface area (TPSA) is 79.6 Å². The molecule has 1 amide bonds. The van der Waals surface area contributed by atoms with Gasteiger partial charge >= 0.3 is 0 Å². The Bertz CT molecular complexity index is 1210. The summed E-state index contributed by atoms with van der Waals surface area (Å²) in [5.41, 5.74) is 3.92. The van der Waals surface area contributed by atoms with E-state index in [0.29, 0.717) is 29.6 Å². The summed E-state index contributed by atoms with van der Waals surface area (Å²) in [4.78, 5) is 13.0. The molecule has 1 aromatic heterocycles. The Kier molecular flexibility index (Phi) is 4.96. The molecular formula is C22H24N2O4S. The average Bonchev–Trinajstić information content (AvgIpc) is 3.33. The minimum Gasteiger partial charge on any atom is -0.451 e. The highest BCUT2D eigenvalue weighted by Gasteiger charge is 2.28. The zero-order chi connectivity index (χ0) is 20.8. The van der Waals surface area contributed by atoms with Crippen LogP contribution in [0.1, 0.15) is 40.1 Å². The van der Waals surface area contributed by atoms with Gasteiger partial charge in [0.25, 0.3) is 5.91 Å². The second-order valence-corrected chi connectivity index (χ2v) is 9.54. The van der Waals surface area contributed by atoms with Crippen LogP contribution in [0.5, 0.6) is 0 Å². The van der Waals surface area contributed by atoms with Crippen LogP contribution in [0, 0.1) is 20.8 Å². The molecule has 152 valence electrons. The van der Waals surface area contributed by atoms with Crippen molar-refractivity contribution in [2.75, 3.05) is 18.4 Å². The second-order valence-electron chi connectivity index (χ2n) is 7.60. The number of rotatable bonds is 4. The van der Waals surface area contributed by atoms with Crippen molar-refractivity contribution in [1.82, 2.24) is 4.31 Å². The lowest BCUT2D eigenvalue weighted by atomic mass is 10.1. The van der Waals surface area contributed by atoms with E-state index >= 15 is 0 Å². The summed E-state index contributed by atoms with van der Waals surface area (Å²) < 4.78 is 33.0. The molecule has 1 N–H and O–H groups in total. The largest absolute Gasteiger partial charge is 0.451 e. The van der Waals surface area contributed by atoms with Gasteiger partial charge in [0.15, 0.2) is 5.76 Å². The molecule has 0 atom stereocenters. The van der Waals surface area contributed by atoms with Crippen molar-refractivity contribution in [2.24, 2.45) is 0 Å². The fourth-order valence-electron chi connectivity index (χ4n) is 3.79. The molecule has 1 saturated heterocycles. The maximum absolute atomic E-state index is 12.9. The molecule has 1 aliphatic heterocycles. The number of benzene rings is 2. The molecule has 0 saturated carbocycles. The Morgan fingerprint density at radius 3 is 2.45 bits per heavy atom. The van der Waals surface area contributed by atoms with Gasteiger partial charge in [-0.3, -0.25) is 4.79 Å². The highest BCUT2D eigenvalue weighted by atomic mass is 32.2. The molecule has 2 aromatic carbocycles. The van der Waals surface area contributed by atoms with Gasteiger partial charge in [0.2, 0.25) is 10.0 Å². The average molecular weight is 413 g/mol. The minimum atomic E-state index is -3.53. The van der Waals surface area contributed by atoms with Crippen LogP contribution < -0.4 is 5.32 Å². The normalized spacial score (nSPS) is 15.1. The van der Waals surface area contributed by atoms with E-state index in [0.717, 1.165) is 29.7 Å². The highest BCUT2D eigenvalue weighted by molar-refractivity contribution is 7.89. The summed E-state index contributed by atoms with van der Waals surface area (Å²) >= 11 is 0. The summed E-state index contributed by atoms with van der Waals surface area (Å²) in [6, 6.07) is 10.6. The predicted octanol–water partition coefficient (Wildman–Crippen LogP) is 4.39. The first-order valence-corrected chi connectivity index (χ1v) is 11.1. The Hall–Kier alpha value is -2.64. The van der Waals surface area contributed by atoms with E-state index in [4.69, 9.17) is 4.42 Å². The Morgan fingerprint density at radius 2 is 1.76 bits per heavy atom. The number of sulfonamides is 1. The van der Waals surface area contributed by atoms with Crippen LogP contribution in [0.25, 0.3) is 11.0 Å². The van der Waals surface area contributed by atoms with Crippen molar-refractivity contribution >= 4 is 32.6 Å². The van der Waals surface area contributed by atoms with E-state index in [1.165, 1.54) is 4.31 Å². The summed E-state index contributed by atoms with van der Waals surface area (Å²) in [6.07, 6.45) is 1.77. The third-order valence-corrected chi connectivity index (χ3v) is 7.34. The number of furan rings is 1. The number of carbonyl (C=O) groups is 1. The molecule has 2 heterocycles. The number of amides is 1. The first-order valence-electron chi connectivity index (χ1n) is 9.69. The fourth-order valence-corrected chi connectivity index (χ4v) is 5.33. The molecule has 0 unspecified atom stereocenters. The van der Waals surface area contributed by atoms with Crippen molar-refractivity contribution < 1.29 is 17.6 Å². The first-order chi connectivity index (χ1) is 13.8. The van der Waals surface area contributed by atoms with E-state index in [1.54, 1.807) is 25.1 Å². The Labute approximate surface area is 170 Å². The summed E-state index contributed by atoms with van der Waals surface area (Å²) in [5.74, 6) is -0.162. The van der Waals surface area contributed by atoms with E-state index in [1.807, 2.05) is 32.0 Å². The zero-order valence-electron chi connectivity index (χ0n) is 16.8. The molecule has 3 aromatic rings. The molecule has 1 fully saturated rings. The lowest BCUT2D eigenvalue weighted by Gasteiger charge is -2.15. The van der Waals surface area contributed by atoms with E-state index in [-0.39, 0.29) is 16.6 Å². The molecule has 0 radical (unpaired) electrons. The van der Waals surface area contributed by atoms with Gasteiger partial charge in [-0.2, -0.15) is 4.31 Å². The number of anilines is 1. The van der Waals surface area contributed by atoms with Gasteiger partial charge in [0.1, 0.15) is 5.58 Å². The minimum absolute atomic E-state index is 0.190. The molecule has 0 aliphatic carbocycles. The van der Waals surface area contributed by atoms with E-state index < -0.39 is 10.0 Å². The van der Waals surface area contributed by atoms with Crippen LogP contribution in [-0.2, 0) is 10.0 Å². The van der Waals surface area contributed by atoms with Gasteiger partial charge in [-0.15, -0.1) is 0 Å². The Morgan fingerprint density at radius 1 is 1.03 bits per heavy atom. The van der Waals surface area contributed by atoms with Crippen molar-refractivity contribution in [3.05, 3.63) is 58.8 Å². The number of aryl methyl sites for hydroxylation is 3. The molecule has 29 heavy (non-hydrogen) atoms.